The maximum absolute atomic E-state index is 13.1. The summed E-state index contributed by atoms with van der Waals surface area (Å²) in [4.78, 5) is 15.9. The number of benzene rings is 1. The van der Waals surface area contributed by atoms with E-state index in [0.29, 0.717) is 30.6 Å². The lowest BCUT2D eigenvalue weighted by atomic mass is 9.33. The monoisotopic (exact) mass is 639 g/mol. The Morgan fingerprint density at radius 1 is 1.13 bits per heavy atom. The van der Waals surface area contributed by atoms with E-state index in [-0.39, 0.29) is 41.0 Å². The molecule has 6 fully saturated rings. The minimum Gasteiger partial charge on any atom is -0.482 e. The van der Waals surface area contributed by atoms with Crippen LogP contribution in [0.15, 0.2) is 12.1 Å². The van der Waals surface area contributed by atoms with E-state index >= 15 is 0 Å². The average Bonchev–Trinajstić information content (AvgIpc) is 3.63. The van der Waals surface area contributed by atoms with E-state index < -0.39 is 23.1 Å². The summed E-state index contributed by atoms with van der Waals surface area (Å²) < 4.78 is 36.8. The molecule has 3 heterocycles. The Labute approximate surface area is 273 Å². The molecule has 2 spiro atoms. The number of ether oxygens (including phenoxy) is 6. The van der Waals surface area contributed by atoms with Crippen molar-refractivity contribution in [1.29, 1.82) is 0 Å². The van der Waals surface area contributed by atoms with E-state index in [9.17, 15) is 9.90 Å². The molecule has 9 rings (SSSR count). The molecule has 1 N–H and O–H groups in total. The molecule has 0 amide bonds. The number of carbonyl (C=O) groups excluding carboxylic acids is 1. The highest BCUT2D eigenvalue weighted by molar-refractivity contribution is 5.70. The zero-order chi connectivity index (χ0) is 32.5. The molecule has 9 nitrogen and oxygen atoms in total. The third-order valence-corrected chi connectivity index (χ3v) is 13.8. The third kappa shape index (κ3) is 4.20. The van der Waals surface area contributed by atoms with Gasteiger partial charge in [0.25, 0.3) is 0 Å². The van der Waals surface area contributed by atoms with Gasteiger partial charge in [0, 0.05) is 48.4 Å². The number of hydrogen-bond acceptors (Lipinski definition) is 9. The van der Waals surface area contributed by atoms with Crippen LogP contribution in [0.4, 0.5) is 4.79 Å². The molecule has 0 unspecified atom stereocenters. The Hall–Kier alpha value is -1.91. The highest BCUT2D eigenvalue weighted by Crippen LogP contribution is 2.78. The van der Waals surface area contributed by atoms with Crippen molar-refractivity contribution in [2.24, 2.45) is 22.7 Å². The highest BCUT2D eigenvalue weighted by Gasteiger charge is 2.82. The van der Waals surface area contributed by atoms with Gasteiger partial charge in [-0.15, -0.1) is 0 Å². The minimum atomic E-state index is -0.988. The molecule has 8 atom stereocenters. The van der Waals surface area contributed by atoms with Crippen molar-refractivity contribution in [2.75, 3.05) is 33.4 Å². The van der Waals surface area contributed by atoms with Crippen molar-refractivity contribution in [3.63, 3.8) is 0 Å². The summed E-state index contributed by atoms with van der Waals surface area (Å²) in [5.74, 6) is 1.16. The Morgan fingerprint density at radius 3 is 2.59 bits per heavy atom. The smallest absolute Gasteiger partial charge is 0.482 e. The SMILES string of the molecule is CO[C@@]12CC[C@@]3(C[C@@H]1[C@](C)(O)C(C)(C)C)[C@H]1Cc4ccc(OC(=O)OCC[C@@H]5COC(C)(C)O5)c5c4[C@@]3(CCN1CC1CC1)[C@H]2O5. The van der Waals surface area contributed by atoms with Crippen LogP contribution in [0.25, 0.3) is 0 Å². The maximum Gasteiger partial charge on any atom is 0.513 e. The van der Waals surface area contributed by atoms with Gasteiger partial charge in [0.2, 0.25) is 0 Å². The van der Waals surface area contributed by atoms with E-state index in [0.717, 1.165) is 51.1 Å². The number of carbonyl (C=O) groups is 1. The average molecular weight is 640 g/mol. The first-order valence-corrected chi connectivity index (χ1v) is 17.7. The summed E-state index contributed by atoms with van der Waals surface area (Å²) in [6, 6.07) is 4.43. The summed E-state index contributed by atoms with van der Waals surface area (Å²) >= 11 is 0. The molecular formula is C37H53NO8. The fraction of sp³-hybridized carbons (Fsp3) is 0.811. The number of methoxy groups -OCH3 is 1. The van der Waals surface area contributed by atoms with Crippen molar-refractivity contribution in [3.05, 3.63) is 23.3 Å². The molecule has 2 saturated heterocycles. The first-order chi connectivity index (χ1) is 21.7. The standard InChI is InChI=1S/C37H53NO8/c1-32(2,3)34(6,40)26-19-35-13-14-37(26,41-7)30-36(35)15-16-38(20-22-8-9-22)27(35)18-23-10-11-25(29(45-30)28(23)36)44-31(39)42-17-12-24-21-43-33(4,5)46-24/h10-11,22,24,26-27,30,40H,8-9,12-21H2,1-7H3/t24-,26-,27-,30-,34+,35-,36+,37+/m1/s1. The lowest BCUT2D eigenvalue weighted by Crippen LogP contribution is -2.83. The molecule has 46 heavy (non-hydrogen) atoms. The largest absolute Gasteiger partial charge is 0.513 e. The summed E-state index contributed by atoms with van der Waals surface area (Å²) in [7, 11) is 1.81. The van der Waals surface area contributed by atoms with Gasteiger partial charge in [0.1, 0.15) is 11.7 Å². The summed E-state index contributed by atoms with van der Waals surface area (Å²) in [6.45, 7) is 15.0. The fourth-order valence-electron chi connectivity index (χ4n) is 10.9. The Balaban J connectivity index is 1.16. The Bertz CT molecular complexity index is 1410. The predicted octanol–water partition coefficient (Wildman–Crippen LogP) is 5.77. The van der Waals surface area contributed by atoms with Crippen molar-refractivity contribution >= 4 is 6.16 Å². The maximum atomic E-state index is 13.1. The second-order valence-corrected chi connectivity index (χ2v) is 17.2. The minimum absolute atomic E-state index is 0.0699. The highest BCUT2D eigenvalue weighted by atomic mass is 16.7. The van der Waals surface area contributed by atoms with Crippen molar-refractivity contribution in [3.8, 4) is 11.5 Å². The van der Waals surface area contributed by atoms with Crippen molar-refractivity contribution in [2.45, 2.75) is 134 Å². The topological polar surface area (TPSA) is 95.9 Å². The van der Waals surface area contributed by atoms with Gasteiger partial charge >= 0.3 is 6.16 Å². The first kappa shape index (κ1) is 31.4. The van der Waals surface area contributed by atoms with Crippen LogP contribution in [0.5, 0.6) is 11.5 Å². The molecule has 8 aliphatic rings. The van der Waals surface area contributed by atoms with E-state index in [4.69, 9.17) is 28.4 Å². The number of likely N-dealkylation sites (tertiary alicyclic amines) is 1. The molecular weight excluding hydrogens is 586 g/mol. The zero-order valence-electron chi connectivity index (χ0n) is 28.8. The fourth-order valence-corrected chi connectivity index (χ4v) is 10.9. The van der Waals surface area contributed by atoms with E-state index in [1.54, 1.807) is 0 Å². The molecule has 9 heteroatoms. The van der Waals surface area contributed by atoms with Crippen LogP contribution < -0.4 is 9.47 Å². The van der Waals surface area contributed by atoms with Crippen molar-refractivity contribution < 1.29 is 38.3 Å². The molecule has 3 aliphatic heterocycles. The number of nitrogens with zero attached hydrogens (tertiary/aromatic N) is 1. The quantitative estimate of drug-likeness (QED) is 0.281. The van der Waals surface area contributed by atoms with Gasteiger partial charge in [-0.2, -0.15) is 0 Å². The summed E-state index contributed by atoms with van der Waals surface area (Å²) in [6.07, 6.45) is 6.74. The van der Waals surface area contributed by atoms with Crippen LogP contribution in [0.3, 0.4) is 0 Å². The van der Waals surface area contributed by atoms with Crippen LogP contribution in [-0.2, 0) is 30.8 Å². The molecule has 5 aliphatic carbocycles. The molecule has 0 aromatic heterocycles. The van der Waals surface area contributed by atoms with E-state index in [2.05, 4.69) is 31.7 Å². The van der Waals surface area contributed by atoms with Crippen LogP contribution in [0, 0.1) is 22.7 Å². The molecule has 4 bridgehead atoms. The predicted molar refractivity (Wildman–Crippen MR) is 170 cm³/mol. The van der Waals surface area contributed by atoms with E-state index in [1.807, 2.05) is 33.9 Å². The number of rotatable bonds is 8. The lowest BCUT2D eigenvalue weighted by Gasteiger charge is -2.75. The lowest BCUT2D eigenvalue weighted by molar-refractivity contribution is -0.312. The second-order valence-electron chi connectivity index (χ2n) is 17.2. The van der Waals surface area contributed by atoms with Gasteiger partial charge in [-0.25, -0.2) is 4.79 Å². The molecule has 1 aromatic rings. The van der Waals surface area contributed by atoms with Gasteiger partial charge in [-0.1, -0.05) is 26.8 Å². The van der Waals surface area contributed by atoms with Gasteiger partial charge in [-0.05, 0) is 95.2 Å². The first-order valence-electron chi connectivity index (χ1n) is 17.7. The Kier molecular flexibility index (Phi) is 6.86. The zero-order valence-corrected chi connectivity index (χ0v) is 28.8. The number of aliphatic hydroxyl groups is 1. The number of piperidine rings is 1. The molecule has 254 valence electrons. The van der Waals surface area contributed by atoms with Crippen molar-refractivity contribution in [1.82, 2.24) is 4.90 Å². The molecule has 4 saturated carbocycles. The number of fused-ring (bicyclic) bond motifs is 2. The summed E-state index contributed by atoms with van der Waals surface area (Å²) in [5.41, 5.74) is 0.159. The second kappa shape index (κ2) is 10.1. The van der Waals surface area contributed by atoms with Crippen LogP contribution in [-0.4, -0.2) is 84.8 Å². The normalized spacial score (nSPS) is 39.8. The van der Waals surface area contributed by atoms with Gasteiger partial charge in [0.05, 0.1) is 24.9 Å². The van der Waals surface area contributed by atoms with Crippen LogP contribution in [0.2, 0.25) is 0 Å². The van der Waals surface area contributed by atoms with Gasteiger partial charge < -0.3 is 33.5 Å². The van der Waals surface area contributed by atoms with Gasteiger partial charge in [-0.3, -0.25) is 4.90 Å². The van der Waals surface area contributed by atoms with Crippen LogP contribution >= 0.6 is 0 Å². The Morgan fingerprint density at radius 2 is 1.91 bits per heavy atom. The summed E-state index contributed by atoms with van der Waals surface area (Å²) in [5, 5.41) is 12.5. The third-order valence-electron chi connectivity index (χ3n) is 13.8. The van der Waals surface area contributed by atoms with E-state index in [1.165, 1.54) is 24.0 Å². The number of hydrogen-bond donors (Lipinski definition) is 1. The van der Waals surface area contributed by atoms with Crippen LogP contribution in [0.1, 0.15) is 97.6 Å². The molecule has 1 aromatic carbocycles. The molecule has 0 radical (unpaired) electrons. The van der Waals surface area contributed by atoms with Gasteiger partial charge in [0.15, 0.2) is 17.3 Å².